The van der Waals surface area contributed by atoms with Crippen molar-refractivity contribution in [2.24, 2.45) is 35.5 Å². The molecule has 3 nitrogen and oxygen atoms in total. The molecule has 260 valence electrons. The molecule has 4 fully saturated rings. The van der Waals surface area contributed by atoms with E-state index in [1.54, 1.807) is 0 Å². The van der Waals surface area contributed by atoms with Crippen LogP contribution >= 0.6 is 0 Å². The van der Waals surface area contributed by atoms with Gasteiger partial charge in [0.25, 0.3) is 0 Å². The average molecular weight is 641 g/mol. The second-order valence-electron chi connectivity index (χ2n) is 16.8. The van der Waals surface area contributed by atoms with E-state index in [1.807, 2.05) is 12.4 Å². The monoisotopic (exact) mass is 641 g/mol. The highest BCUT2D eigenvalue weighted by Crippen LogP contribution is 2.50. The summed E-state index contributed by atoms with van der Waals surface area (Å²) in [5, 5.41) is 0. The summed E-state index contributed by atoms with van der Waals surface area (Å²) >= 11 is 0. The third-order valence-corrected chi connectivity index (χ3v) is 13.7. The normalized spacial score (nSPS) is 27.7. The second kappa shape index (κ2) is 17.2. The lowest BCUT2D eigenvalue weighted by atomic mass is 9.65. The molecule has 2 aromatic heterocycles. The van der Waals surface area contributed by atoms with Crippen molar-refractivity contribution in [3.05, 3.63) is 47.0 Å². The summed E-state index contributed by atoms with van der Waals surface area (Å²) in [7, 11) is 0. The summed E-state index contributed by atoms with van der Waals surface area (Å²) in [6.45, 7) is 9.23. The van der Waals surface area contributed by atoms with Crippen molar-refractivity contribution in [3.63, 3.8) is 0 Å². The lowest BCUT2D eigenvalue weighted by molar-refractivity contribution is 0.172. The molecule has 4 saturated carbocycles. The Morgan fingerprint density at radius 1 is 0.532 bits per heavy atom. The maximum atomic E-state index is 6.79. The predicted molar refractivity (Wildman–Crippen MR) is 197 cm³/mol. The van der Waals surface area contributed by atoms with E-state index >= 15 is 0 Å². The number of ether oxygens (including phenoxy) is 1. The highest BCUT2D eigenvalue weighted by molar-refractivity contribution is 5.39. The van der Waals surface area contributed by atoms with Gasteiger partial charge in [-0.05, 0) is 136 Å². The fraction of sp³-hybridized carbons (Fsp3) is 0.773. The van der Waals surface area contributed by atoms with Crippen molar-refractivity contribution in [2.75, 3.05) is 0 Å². The van der Waals surface area contributed by atoms with Crippen molar-refractivity contribution >= 4 is 0 Å². The molecule has 2 atom stereocenters. The first-order valence-electron chi connectivity index (χ1n) is 20.6. The van der Waals surface area contributed by atoms with E-state index < -0.39 is 0 Å². The molecule has 0 saturated heterocycles. The van der Waals surface area contributed by atoms with Crippen molar-refractivity contribution < 1.29 is 4.74 Å². The van der Waals surface area contributed by atoms with Gasteiger partial charge < -0.3 is 4.74 Å². The van der Waals surface area contributed by atoms with E-state index in [1.165, 1.54) is 164 Å². The standard InChI is InChI=1S/C44H68N2O/c1-5-13-33-19-23-37(24-20-33)43(35-15-9-7-10-16-35)41-27-39(29-45-31(41)3)47-40-28-42(32(4)46-30-40)44(36-17-11-8-12-18-36)38-25-21-34(14-6-2)22-26-38/h27-30,33-38,43-44H,5-26H2,1-4H3. The molecule has 3 heteroatoms. The summed E-state index contributed by atoms with van der Waals surface area (Å²) in [6.07, 6.45) is 34.7. The van der Waals surface area contributed by atoms with Gasteiger partial charge in [-0.3, -0.25) is 9.97 Å². The van der Waals surface area contributed by atoms with Crippen molar-refractivity contribution in [1.29, 1.82) is 0 Å². The van der Waals surface area contributed by atoms with Crippen molar-refractivity contribution in [3.8, 4) is 11.5 Å². The van der Waals surface area contributed by atoms with Crippen LogP contribution in [0.3, 0.4) is 0 Å². The lowest BCUT2D eigenvalue weighted by Crippen LogP contribution is -2.28. The van der Waals surface area contributed by atoms with Gasteiger partial charge in [0, 0.05) is 11.4 Å². The van der Waals surface area contributed by atoms with Gasteiger partial charge in [-0.25, -0.2) is 0 Å². The largest absolute Gasteiger partial charge is 0.454 e. The maximum Gasteiger partial charge on any atom is 0.146 e. The minimum atomic E-state index is 0.624. The van der Waals surface area contributed by atoms with E-state index in [-0.39, 0.29) is 0 Å². The molecule has 47 heavy (non-hydrogen) atoms. The molecule has 0 bridgehead atoms. The summed E-state index contributed by atoms with van der Waals surface area (Å²) in [4.78, 5) is 10.1. The highest BCUT2D eigenvalue weighted by Gasteiger charge is 2.37. The highest BCUT2D eigenvalue weighted by atomic mass is 16.5. The summed E-state index contributed by atoms with van der Waals surface area (Å²) in [5.74, 6) is 8.14. The topological polar surface area (TPSA) is 35.0 Å². The Balaban J connectivity index is 1.25. The molecule has 0 amide bonds. The van der Waals surface area contributed by atoms with E-state index in [0.29, 0.717) is 11.8 Å². The van der Waals surface area contributed by atoms with Gasteiger partial charge in [0.05, 0.1) is 12.4 Å². The number of nitrogens with zero attached hydrogens (tertiary/aromatic N) is 2. The Labute approximate surface area is 288 Å². The van der Waals surface area contributed by atoms with Gasteiger partial charge in [0.1, 0.15) is 11.5 Å². The molecular formula is C44H68N2O. The minimum absolute atomic E-state index is 0.624. The maximum absolute atomic E-state index is 6.79. The zero-order valence-electron chi connectivity index (χ0n) is 30.8. The summed E-state index contributed by atoms with van der Waals surface area (Å²) in [6, 6.07) is 4.82. The van der Waals surface area contributed by atoms with E-state index in [9.17, 15) is 0 Å². The smallest absolute Gasteiger partial charge is 0.146 e. The molecule has 0 spiro atoms. The minimum Gasteiger partial charge on any atom is -0.454 e. The van der Waals surface area contributed by atoms with Crippen LogP contribution in [0.25, 0.3) is 0 Å². The van der Waals surface area contributed by atoms with Gasteiger partial charge in [-0.15, -0.1) is 0 Å². The third-order valence-electron chi connectivity index (χ3n) is 13.7. The molecule has 0 radical (unpaired) electrons. The molecule has 0 N–H and O–H groups in total. The fourth-order valence-corrected chi connectivity index (χ4v) is 11.2. The van der Waals surface area contributed by atoms with Gasteiger partial charge in [0.15, 0.2) is 0 Å². The first kappa shape index (κ1) is 34.9. The van der Waals surface area contributed by atoms with Crippen molar-refractivity contribution in [1.82, 2.24) is 9.97 Å². The zero-order chi connectivity index (χ0) is 32.6. The van der Waals surface area contributed by atoms with Crippen LogP contribution < -0.4 is 4.74 Å². The summed E-state index contributed by atoms with van der Waals surface area (Å²) < 4.78 is 6.79. The van der Waals surface area contributed by atoms with Crippen LogP contribution in [-0.4, -0.2) is 9.97 Å². The lowest BCUT2D eigenvalue weighted by Gasteiger charge is -2.40. The SMILES string of the molecule is CCCC1CCC(C(c2cc(Oc3cnc(C)c(C(C4CCCCC4)C4CCC(CCC)CC4)c3)cnc2C)C2CCCCC2)CC1. The molecule has 0 aliphatic heterocycles. The van der Waals surface area contributed by atoms with Gasteiger partial charge in [0.2, 0.25) is 0 Å². The molecule has 0 aromatic carbocycles. The zero-order valence-corrected chi connectivity index (χ0v) is 30.8. The number of hydrogen-bond donors (Lipinski definition) is 0. The third kappa shape index (κ3) is 8.83. The number of rotatable bonds is 12. The van der Waals surface area contributed by atoms with Gasteiger partial charge >= 0.3 is 0 Å². The van der Waals surface area contributed by atoms with E-state index in [0.717, 1.165) is 47.0 Å². The van der Waals surface area contributed by atoms with E-state index in [4.69, 9.17) is 14.7 Å². The molecular weight excluding hydrogens is 572 g/mol. The Hall–Kier alpha value is -1.90. The van der Waals surface area contributed by atoms with Crippen LogP contribution in [-0.2, 0) is 0 Å². The summed E-state index contributed by atoms with van der Waals surface area (Å²) in [5.41, 5.74) is 5.42. The van der Waals surface area contributed by atoms with Crippen LogP contribution in [0.2, 0.25) is 0 Å². The number of aromatic nitrogens is 2. The average Bonchev–Trinajstić information content (AvgIpc) is 3.10. The molecule has 6 rings (SSSR count). The molecule has 4 aliphatic rings. The molecule has 2 aromatic rings. The van der Waals surface area contributed by atoms with Gasteiger partial charge in [-0.2, -0.15) is 0 Å². The van der Waals surface area contributed by atoms with Gasteiger partial charge in [-0.1, -0.05) is 104 Å². The first-order valence-corrected chi connectivity index (χ1v) is 20.6. The van der Waals surface area contributed by atoms with E-state index in [2.05, 4.69) is 39.8 Å². The molecule has 2 unspecified atom stereocenters. The first-order chi connectivity index (χ1) is 23.0. The number of pyridine rings is 2. The second-order valence-corrected chi connectivity index (χ2v) is 16.8. The molecule has 4 aliphatic carbocycles. The van der Waals surface area contributed by atoms with Crippen LogP contribution in [0.4, 0.5) is 0 Å². The number of aryl methyl sites for hydroxylation is 2. The van der Waals surface area contributed by atoms with Crippen molar-refractivity contribution in [2.45, 2.75) is 181 Å². The van der Waals surface area contributed by atoms with Crippen LogP contribution in [0.5, 0.6) is 11.5 Å². The quantitative estimate of drug-likeness (QED) is 0.231. The van der Waals surface area contributed by atoms with Crippen LogP contribution in [0.1, 0.15) is 189 Å². The van der Waals surface area contributed by atoms with Crippen LogP contribution in [0.15, 0.2) is 24.5 Å². The fourth-order valence-electron chi connectivity index (χ4n) is 11.2. The molecule has 2 heterocycles. The number of hydrogen-bond acceptors (Lipinski definition) is 3. The Morgan fingerprint density at radius 2 is 0.894 bits per heavy atom. The Bertz CT molecular complexity index is 1130. The Morgan fingerprint density at radius 3 is 1.26 bits per heavy atom. The predicted octanol–water partition coefficient (Wildman–Crippen LogP) is 13.4. The Kier molecular flexibility index (Phi) is 12.8. The van der Waals surface area contributed by atoms with Crippen LogP contribution in [0, 0.1) is 49.4 Å².